The molecule has 0 unspecified atom stereocenters. The van der Waals surface area contributed by atoms with E-state index in [0.717, 1.165) is 41.6 Å². The molecule has 1 saturated heterocycles. The van der Waals surface area contributed by atoms with Crippen LogP contribution in [0.2, 0.25) is 0 Å². The van der Waals surface area contributed by atoms with Gasteiger partial charge in [-0.15, -0.1) is 0 Å². The van der Waals surface area contributed by atoms with E-state index in [4.69, 9.17) is 5.73 Å². The highest BCUT2D eigenvalue weighted by molar-refractivity contribution is 14.1. The van der Waals surface area contributed by atoms with Crippen molar-refractivity contribution < 1.29 is 4.79 Å². The molecule has 1 aliphatic heterocycles. The minimum Gasteiger partial charge on any atom is -0.339 e. The molecule has 0 radical (unpaired) electrons. The van der Waals surface area contributed by atoms with Gasteiger partial charge in [0.15, 0.2) is 0 Å². The molecule has 1 heterocycles. The zero-order chi connectivity index (χ0) is 12.3. The Hall–Kier alpha value is -0.620. The van der Waals surface area contributed by atoms with Crippen molar-refractivity contribution >= 4 is 28.5 Å². The zero-order valence-corrected chi connectivity index (χ0v) is 11.9. The molecule has 2 N–H and O–H groups in total. The van der Waals surface area contributed by atoms with Gasteiger partial charge < -0.3 is 10.6 Å². The third-order valence-electron chi connectivity index (χ3n) is 3.33. The molecular formula is C13H17IN2O. The fourth-order valence-corrected chi connectivity index (χ4v) is 2.51. The number of hydrogen-bond donors (Lipinski definition) is 1. The van der Waals surface area contributed by atoms with Crippen LogP contribution in [0, 0.1) is 9.49 Å². The van der Waals surface area contributed by atoms with E-state index in [2.05, 4.69) is 22.6 Å². The van der Waals surface area contributed by atoms with Crippen LogP contribution in [0.4, 0.5) is 0 Å². The molecule has 92 valence electrons. The smallest absolute Gasteiger partial charge is 0.253 e. The summed E-state index contributed by atoms with van der Waals surface area (Å²) in [6.45, 7) is 2.42. The highest BCUT2D eigenvalue weighted by Gasteiger charge is 2.22. The fourth-order valence-electron chi connectivity index (χ4n) is 2.15. The van der Waals surface area contributed by atoms with E-state index in [1.54, 1.807) is 0 Å². The van der Waals surface area contributed by atoms with Gasteiger partial charge in [-0.3, -0.25) is 4.79 Å². The van der Waals surface area contributed by atoms with Crippen molar-refractivity contribution in [2.45, 2.75) is 12.8 Å². The zero-order valence-electron chi connectivity index (χ0n) is 9.73. The molecule has 1 amide bonds. The second-order valence-corrected chi connectivity index (χ2v) is 5.72. The van der Waals surface area contributed by atoms with Crippen LogP contribution < -0.4 is 5.73 Å². The minimum atomic E-state index is 0.150. The van der Waals surface area contributed by atoms with Gasteiger partial charge in [-0.1, -0.05) is 0 Å². The van der Waals surface area contributed by atoms with Gasteiger partial charge in [0.1, 0.15) is 0 Å². The summed E-state index contributed by atoms with van der Waals surface area (Å²) in [6, 6.07) is 7.75. The molecule has 0 spiro atoms. The van der Waals surface area contributed by atoms with Gasteiger partial charge in [0.2, 0.25) is 0 Å². The van der Waals surface area contributed by atoms with Gasteiger partial charge in [-0.2, -0.15) is 0 Å². The van der Waals surface area contributed by atoms with Gasteiger partial charge in [-0.05, 0) is 72.2 Å². The topological polar surface area (TPSA) is 46.3 Å². The van der Waals surface area contributed by atoms with E-state index in [1.807, 2.05) is 29.2 Å². The molecule has 1 aromatic rings. The Bertz CT molecular complexity index is 383. The quantitative estimate of drug-likeness (QED) is 0.836. The summed E-state index contributed by atoms with van der Waals surface area (Å²) >= 11 is 2.24. The Morgan fingerprint density at radius 2 is 1.88 bits per heavy atom. The Labute approximate surface area is 116 Å². The van der Waals surface area contributed by atoms with Crippen LogP contribution in [-0.2, 0) is 0 Å². The number of carbonyl (C=O) groups excluding carboxylic acids is 1. The van der Waals surface area contributed by atoms with E-state index in [-0.39, 0.29) is 5.91 Å². The first-order valence-electron chi connectivity index (χ1n) is 5.95. The first kappa shape index (κ1) is 12.8. The monoisotopic (exact) mass is 344 g/mol. The van der Waals surface area contributed by atoms with Crippen molar-refractivity contribution in [2.24, 2.45) is 11.7 Å². The van der Waals surface area contributed by atoms with Gasteiger partial charge >= 0.3 is 0 Å². The first-order chi connectivity index (χ1) is 8.20. The summed E-state index contributed by atoms with van der Waals surface area (Å²) in [5.41, 5.74) is 6.44. The molecule has 3 nitrogen and oxygen atoms in total. The first-order valence-corrected chi connectivity index (χ1v) is 7.03. The standard InChI is InChI=1S/C13H17IN2O/c14-12-3-1-11(2-4-12)13(17)16-7-5-10(9-15)6-8-16/h1-4,10H,5-9,15H2. The molecule has 1 fully saturated rings. The minimum absolute atomic E-state index is 0.150. The highest BCUT2D eigenvalue weighted by Crippen LogP contribution is 2.18. The second kappa shape index (κ2) is 5.82. The lowest BCUT2D eigenvalue weighted by Crippen LogP contribution is -2.40. The Balaban J connectivity index is 1.99. The van der Waals surface area contributed by atoms with Crippen LogP contribution in [-0.4, -0.2) is 30.4 Å². The van der Waals surface area contributed by atoms with E-state index < -0.39 is 0 Å². The molecular weight excluding hydrogens is 327 g/mol. The predicted octanol–water partition coefficient (Wildman–Crippen LogP) is 2.10. The summed E-state index contributed by atoms with van der Waals surface area (Å²) in [5.74, 6) is 0.743. The maximum atomic E-state index is 12.2. The molecule has 0 saturated carbocycles. The van der Waals surface area contributed by atoms with E-state index in [0.29, 0.717) is 5.92 Å². The van der Waals surface area contributed by atoms with Crippen molar-refractivity contribution in [3.63, 3.8) is 0 Å². The van der Waals surface area contributed by atoms with Crippen molar-refractivity contribution in [3.8, 4) is 0 Å². The van der Waals surface area contributed by atoms with Gasteiger partial charge in [-0.25, -0.2) is 0 Å². The average Bonchev–Trinajstić information content (AvgIpc) is 2.39. The van der Waals surface area contributed by atoms with Gasteiger partial charge in [0, 0.05) is 22.2 Å². The van der Waals surface area contributed by atoms with Crippen molar-refractivity contribution in [1.82, 2.24) is 4.90 Å². The Kier molecular flexibility index (Phi) is 4.39. The predicted molar refractivity (Wildman–Crippen MR) is 76.8 cm³/mol. The SMILES string of the molecule is NCC1CCN(C(=O)c2ccc(I)cc2)CC1. The Morgan fingerprint density at radius 3 is 2.41 bits per heavy atom. The van der Waals surface area contributed by atoms with Crippen LogP contribution in [0.1, 0.15) is 23.2 Å². The molecule has 1 aliphatic rings. The molecule has 17 heavy (non-hydrogen) atoms. The van der Waals surface area contributed by atoms with E-state index in [9.17, 15) is 4.79 Å². The Morgan fingerprint density at radius 1 is 1.29 bits per heavy atom. The number of amides is 1. The number of benzene rings is 1. The molecule has 0 aliphatic carbocycles. The number of nitrogens with two attached hydrogens (primary N) is 1. The summed E-state index contributed by atoms with van der Waals surface area (Å²) in [6.07, 6.45) is 2.07. The molecule has 1 aromatic carbocycles. The molecule has 0 aromatic heterocycles. The van der Waals surface area contributed by atoms with Gasteiger partial charge in [0.05, 0.1) is 0 Å². The number of carbonyl (C=O) groups is 1. The maximum absolute atomic E-state index is 12.2. The largest absolute Gasteiger partial charge is 0.339 e. The second-order valence-electron chi connectivity index (χ2n) is 4.48. The lowest BCUT2D eigenvalue weighted by Gasteiger charge is -2.31. The molecule has 0 bridgehead atoms. The molecule has 2 rings (SSSR count). The summed E-state index contributed by atoms with van der Waals surface area (Å²) < 4.78 is 1.15. The number of likely N-dealkylation sites (tertiary alicyclic amines) is 1. The van der Waals surface area contributed by atoms with Crippen LogP contribution in [0.25, 0.3) is 0 Å². The lowest BCUT2D eigenvalue weighted by molar-refractivity contribution is 0.0693. The average molecular weight is 344 g/mol. The van der Waals surface area contributed by atoms with E-state index in [1.165, 1.54) is 0 Å². The maximum Gasteiger partial charge on any atom is 0.253 e. The fraction of sp³-hybridized carbons (Fsp3) is 0.462. The third kappa shape index (κ3) is 3.19. The number of rotatable bonds is 2. The third-order valence-corrected chi connectivity index (χ3v) is 4.05. The summed E-state index contributed by atoms with van der Waals surface area (Å²) in [7, 11) is 0. The van der Waals surface area contributed by atoms with Crippen LogP contribution >= 0.6 is 22.6 Å². The van der Waals surface area contributed by atoms with Crippen molar-refractivity contribution in [3.05, 3.63) is 33.4 Å². The number of nitrogens with zero attached hydrogens (tertiary/aromatic N) is 1. The van der Waals surface area contributed by atoms with Crippen LogP contribution in [0.5, 0.6) is 0 Å². The van der Waals surface area contributed by atoms with Crippen LogP contribution in [0.15, 0.2) is 24.3 Å². The van der Waals surface area contributed by atoms with Crippen molar-refractivity contribution in [2.75, 3.05) is 19.6 Å². The molecule has 4 heteroatoms. The van der Waals surface area contributed by atoms with Gasteiger partial charge in [0.25, 0.3) is 5.91 Å². The normalized spacial score (nSPS) is 17.2. The summed E-state index contributed by atoms with van der Waals surface area (Å²) in [4.78, 5) is 14.1. The van der Waals surface area contributed by atoms with Crippen LogP contribution in [0.3, 0.4) is 0 Å². The van der Waals surface area contributed by atoms with Crippen molar-refractivity contribution in [1.29, 1.82) is 0 Å². The number of halogens is 1. The van der Waals surface area contributed by atoms with E-state index >= 15 is 0 Å². The molecule has 0 atom stereocenters. The summed E-state index contributed by atoms with van der Waals surface area (Å²) in [5, 5.41) is 0. The number of piperidine rings is 1. The number of hydrogen-bond acceptors (Lipinski definition) is 2. The highest BCUT2D eigenvalue weighted by atomic mass is 127. The lowest BCUT2D eigenvalue weighted by atomic mass is 9.96.